The monoisotopic (exact) mass is 208 g/mol. The van der Waals surface area contributed by atoms with E-state index in [0.717, 1.165) is 19.5 Å². The zero-order valence-electron chi connectivity index (χ0n) is 9.91. The topological polar surface area (TPSA) is 30.9 Å². The molecule has 2 N–H and O–H groups in total. The van der Waals surface area contributed by atoms with Gasteiger partial charge in [0.1, 0.15) is 0 Å². The molecule has 1 rings (SSSR count). The van der Waals surface area contributed by atoms with Crippen molar-refractivity contribution < 1.29 is 0 Å². The summed E-state index contributed by atoms with van der Waals surface area (Å²) in [5.41, 5.74) is 6.95. The molecule has 86 valence electrons. The van der Waals surface area contributed by atoms with E-state index in [1.807, 2.05) is 0 Å². The standard InChI is InChI=1S/C13H24N2/c1-2-3-4-5-6-11-15-12-7-8-13(15)9-10-14/h7-8,12H,2-6,9-11,14H2,1H3. The van der Waals surface area contributed by atoms with Crippen LogP contribution in [0.15, 0.2) is 18.3 Å². The molecule has 0 saturated carbocycles. The third-order valence-electron chi connectivity index (χ3n) is 2.83. The molecule has 1 heterocycles. The maximum atomic E-state index is 5.57. The number of hydrogen-bond donors (Lipinski definition) is 1. The quantitative estimate of drug-likeness (QED) is 0.654. The molecule has 1 aromatic heterocycles. The molecular weight excluding hydrogens is 184 g/mol. The van der Waals surface area contributed by atoms with Crippen LogP contribution in [0, 0.1) is 0 Å². The fourth-order valence-electron chi connectivity index (χ4n) is 1.93. The normalized spacial score (nSPS) is 10.8. The summed E-state index contributed by atoms with van der Waals surface area (Å²) in [6.07, 6.45) is 9.90. The van der Waals surface area contributed by atoms with Crippen molar-refractivity contribution in [3.63, 3.8) is 0 Å². The Morgan fingerprint density at radius 1 is 1.20 bits per heavy atom. The SMILES string of the molecule is CCCCCCCn1cccc1CCN. The van der Waals surface area contributed by atoms with E-state index in [0.29, 0.717) is 0 Å². The molecule has 0 saturated heterocycles. The highest BCUT2D eigenvalue weighted by Gasteiger charge is 1.98. The predicted molar refractivity (Wildman–Crippen MR) is 65.9 cm³/mol. The van der Waals surface area contributed by atoms with Crippen molar-refractivity contribution in [3.05, 3.63) is 24.0 Å². The fourth-order valence-corrected chi connectivity index (χ4v) is 1.93. The second-order valence-corrected chi connectivity index (χ2v) is 4.15. The van der Waals surface area contributed by atoms with E-state index in [-0.39, 0.29) is 0 Å². The Kier molecular flexibility index (Phi) is 6.17. The summed E-state index contributed by atoms with van der Waals surface area (Å²) in [6, 6.07) is 4.30. The summed E-state index contributed by atoms with van der Waals surface area (Å²) in [5.74, 6) is 0. The van der Waals surface area contributed by atoms with Crippen molar-refractivity contribution in [2.24, 2.45) is 5.73 Å². The maximum Gasteiger partial charge on any atom is 0.0222 e. The van der Waals surface area contributed by atoms with Crippen molar-refractivity contribution in [2.75, 3.05) is 6.54 Å². The van der Waals surface area contributed by atoms with Crippen LogP contribution in [0.5, 0.6) is 0 Å². The van der Waals surface area contributed by atoms with Crippen LogP contribution in [0.25, 0.3) is 0 Å². The van der Waals surface area contributed by atoms with Gasteiger partial charge in [-0.1, -0.05) is 32.6 Å². The average Bonchev–Trinajstić information content (AvgIpc) is 2.66. The van der Waals surface area contributed by atoms with Gasteiger partial charge < -0.3 is 10.3 Å². The van der Waals surface area contributed by atoms with Crippen LogP contribution < -0.4 is 5.73 Å². The molecule has 0 atom stereocenters. The first-order chi connectivity index (χ1) is 7.38. The minimum Gasteiger partial charge on any atom is -0.351 e. The van der Waals surface area contributed by atoms with Gasteiger partial charge in [-0.3, -0.25) is 0 Å². The lowest BCUT2D eigenvalue weighted by Crippen LogP contribution is -2.08. The third kappa shape index (κ3) is 4.52. The summed E-state index contributed by atoms with van der Waals surface area (Å²) in [7, 11) is 0. The molecule has 0 unspecified atom stereocenters. The Bertz CT molecular complexity index is 253. The molecule has 0 aliphatic rings. The molecule has 0 aliphatic carbocycles. The van der Waals surface area contributed by atoms with Gasteiger partial charge in [-0.05, 0) is 31.5 Å². The second-order valence-electron chi connectivity index (χ2n) is 4.15. The molecule has 0 fully saturated rings. The smallest absolute Gasteiger partial charge is 0.0222 e. The number of rotatable bonds is 8. The number of nitrogens with two attached hydrogens (primary N) is 1. The molecule has 0 radical (unpaired) electrons. The van der Waals surface area contributed by atoms with Gasteiger partial charge >= 0.3 is 0 Å². The van der Waals surface area contributed by atoms with Gasteiger partial charge in [0.25, 0.3) is 0 Å². The molecule has 15 heavy (non-hydrogen) atoms. The van der Waals surface area contributed by atoms with Gasteiger partial charge in [-0.25, -0.2) is 0 Å². The van der Waals surface area contributed by atoms with E-state index in [2.05, 4.69) is 29.8 Å². The van der Waals surface area contributed by atoms with Crippen LogP contribution in [0.2, 0.25) is 0 Å². The fraction of sp³-hybridized carbons (Fsp3) is 0.692. The Morgan fingerprint density at radius 3 is 2.73 bits per heavy atom. The molecule has 0 aliphatic heterocycles. The molecule has 0 spiro atoms. The zero-order chi connectivity index (χ0) is 10.9. The highest BCUT2D eigenvalue weighted by molar-refractivity contribution is 5.07. The largest absolute Gasteiger partial charge is 0.351 e. The molecule has 0 bridgehead atoms. The molecule has 0 aromatic carbocycles. The van der Waals surface area contributed by atoms with E-state index in [1.54, 1.807) is 0 Å². The van der Waals surface area contributed by atoms with Gasteiger partial charge in [0.2, 0.25) is 0 Å². The number of aromatic nitrogens is 1. The highest BCUT2D eigenvalue weighted by Crippen LogP contribution is 2.08. The van der Waals surface area contributed by atoms with Crippen molar-refractivity contribution in [2.45, 2.75) is 52.0 Å². The van der Waals surface area contributed by atoms with Gasteiger partial charge in [0.15, 0.2) is 0 Å². The summed E-state index contributed by atoms with van der Waals surface area (Å²) >= 11 is 0. The Labute approximate surface area is 93.5 Å². The molecular formula is C13H24N2. The van der Waals surface area contributed by atoms with E-state index < -0.39 is 0 Å². The maximum absolute atomic E-state index is 5.57. The number of nitrogens with zero attached hydrogens (tertiary/aromatic N) is 1. The van der Waals surface area contributed by atoms with Crippen molar-refractivity contribution in [1.82, 2.24) is 4.57 Å². The Hall–Kier alpha value is -0.760. The number of aryl methyl sites for hydroxylation is 1. The van der Waals surface area contributed by atoms with E-state index in [1.165, 1.54) is 37.8 Å². The lowest BCUT2D eigenvalue weighted by Gasteiger charge is -2.08. The summed E-state index contributed by atoms with van der Waals surface area (Å²) in [6.45, 7) is 4.16. The summed E-state index contributed by atoms with van der Waals surface area (Å²) < 4.78 is 2.35. The molecule has 0 amide bonds. The molecule has 2 heteroatoms. The number of unbranched alkanes of at least 4 members (excludes halogenated alkanes) is 4. The lowest BCUT2D eigenvalue weighted by atomic mass is 10.1. The summed E-state index contributed by atoms with van der Waals surface area (Å²) in [5, 5.41) is 0. The Balaban J connectivity index is 2.21. The molecule has 1 aromatic rings. The Morgan fingerprint density at radius 2 is 2.00 bits per heavy atom. The number of hydrogen-bond acceptors (Lipinski definition) is 1. The first-order valence-electron chi connectivity index (χ1n) is 6.22. The van der Waals surface area contributed by atoms with Crippen LogP contribution >= 0.6 is 0 Å². The van der Waals surface area contributed by atoms with Crippen molar-refractivity contribution >= 4 is 0 Å². The minimum atomic E-state index is 0.750. The van der Waals surface area contributed by atoms with E-state index in [9.17, 15) is 0 Å². The first-order valence-corrected chi connectivity index (χ1v) is 6.22. The molecule has 2 nitrogen and oxygen atoms in total. The van der Waals surface area contributed by atoms with E-state index >= 15 is 0 Å². The first kappa shape index (κ1) is 12.3. The van der Waals surface area contributed by atoms with Gasteiger partial charge in [0.05, 0.1) is 0 Å². The van der Waals surface area contributed by atoms with Gasteiger partial charge in [-0.15, -0.1) is 0 Å². The van der Waals surface area contributed by atoms with Crippen molar-refractivity contribution in [3.8, 4) is 0 Å². The van der Waals surface area contributed by atoms with Gasteiger partial charge in [0, 0.05) is 18.4 Å². The zero-order valence-corrected chi connectivity index (χ0v) is 9.91. The van der Waals surface area contributed by atoms with Crippen LogP contribution in [0.4, 0.5) is 0 Å². The van der Waals surface area contributed by atoms with Crippen LogP contribution in [-0.2, 0) is 13.0 Å². The third-order valence-corrected chi connectivity index (χ3v) is 2.83. The van der Waals surface area contributed by atoms with Crippen LogP contribution in [0.1, 0.15) is 44.7 Å². The lowest BCUT2D eigenvalue weighted by molar-refractivity contribution is 0.557. The summed E-state index contributed by atoms with van der Waals surface area (Å²) in [4.78, 5) is 0. The minimum absolute atomic E-state index is 0.750. The van der Waals surface area contributed by atoms with E-state index in [4.69, 9.17) is 5.73 Å². The van der Waals surface area contributed by atoms with Crippen LogP contribution in [-0.4, -0.2) is 11.1 Å². The average molecular weight is 208 g/mol. The van der Waals surface area contributed by atoms with Crippen molar-refractivity contribution in [1.29, 1.82) is 0 Å². The van der Waals surface area contributed by atoms with Gasteiger partial charge in [-0.2, -0.15) is 0 Å². The predicted octanol–water partition coefficient (Wildman–Crippen LogP) is 2.96. The highest BCUT2D eigenvalue weighted by atomic mass is 15.0. The second kappa shape index (κ2) is 7.52. The van der Waals surface area contributed by atoms with Crippen LogP contribution in [0.3, 0.4) is 0 Å².